The van der Waals surface area contributed by atoms with Gasteiger partial charge in [-0.25, -0.2) is 8.78 Å². The van der Waals surface area contributed by atoms with Gasteiger partial charge in [0.25, 0.3) is 5.69 Å². The Kier molecular flexibility index (Phi) is 4.98. The van der Waals surface area contributed by atoms with Gasteiger partial charge in [-0.3, -0.25) is 10.1 Å². The largest absolute Gasteiger partial charge is 0.308 e. The Morgan fingerprint density at radius 3 is 2.38 bits per heavy atom. The molecule has 0 atom stereocenters. The third kappa shape index (κ3) is 3.83. The highest BCUT2D eigenvalue weighted by Gasteiger charge is 2.11. The fraction of sp³-hybridized carbons (Fsp3) is 0.143. The third-order valence-electron chi connectivity index (χ3n) is 2.92. The quantitative estimate of drug-likeness (QED) is 0.501. The van der Waals surface area contributed by atoms with Gasteiger partial charge in [-0.05, 0) is 33.6 Å². The van der Waals surface area contributed by atoms with Gasteiger partial charge < -0.3 is 5.32 Å². The molecule has 2 aromatic rings. The van der Waals surface area contributed by atoms with Crippen molar-refractivity contribution in [3.8, 4) is 0 Å². The SMILES string of the molecule is O=[N+]([O-])c1ccc(CNCc2c(F)ccc(Br)c2F)cc1. The van der Waals surface area contributed by atoms with E-state index in [1.807, 2.05) is 0 Å². The first kappa shape index (κ1) is 15.5. The van der Waals surface area contributed by atoms with Crippen LogP contribution in [0.25, 0.3) is 0 Å². The zero-order chi connectivity index (χ0) is 15.4. The Labute approximate surface area is 128 Å². The van der Waals surface area contributed by atoms with Crippen molar-refractivity contribution in [1.29, 1.82) is 0 Å². The minimum atomic E-state index is -0.633. The van der Waals surface area contributed by atoms with Crippen molar-refractivity contribution in [3.63, 3.8) is 0 Å². The van der Waals surface area contributed by atoms with Crippen LogP contribution in [-0.2, 0) is 13.1 Å². The first-order valence-corrected chi connectivity index (χ1v) is 6.84. The molecule has 0 aliphatic heterocycles. The number of nitro groups is 1. The summed E-state index contributed by atoms with van der Waals surface area (Å²) in [6, 6.07) is 8.46. The summed E-state index contributed by atoms with van der Waals surface area (Å²) in [6.07, 6.45) is 0. The maximum absolute atomic E-state index is 13.7. The van der Waals surface area contributed by atoms with Crippen LogP contribution in [0.4, 0.5) is 14.5 Å². The van der Waals surface area contributed by atoms with Crippen molar-refractivity contribution in [1.82, 2.24) is 5.32 Å². The number of halogens is 3. The van der Waals surface area contributed by atoms with Gasteiger partial charge in [0.2, 0.25) is 0 Å². The Morgan fingerprint density at radius 2 is 1.76 bits per heavy atom. The van der Waals surface area contributed by atoms with Crippen LogP contribution < -0.4 is 5.32 Å². The molecule has 21 heavy (non-hydrogen) atoms. The zero-order valence-corrected chi connectivity index (χ0v) is 12.4. The highest BCUT2D eigenvalue weighted by atomic mass is 79.9. The fourth-order valence-electron chi connectivity index (χ4n) is 1.80. The average Bonchev–Trinajstić information content (AvgIpc) is 2.47. The molecular formula is C14H11BrF2N2O2. The minimum Gasteiger partial charge on any atom is -0.308 e. The molecular weight excluding hydrogens is 346 g/mol. The number of nitrogens with one attached hydrogen (secondary N) is 1. The van der Waals surface area contributed by atoms with Crippen LogP contribution in [0, 0.1) is 21.7 Å². The molecule has 0 fully saturated rings. The molecule has 4 nitrogen and oxygen atoms in total. The van der Waals surface area contributed by atoms with Crippen LogP contribution in [0.15, 0.2) is 40.9 Å². The van der Waals surface area contributed by atoms with E-state index in [9.17, 15) is 18.9 Å². The van der Waals surface area contributed by atoms with E-state index >= 15 is 0 Å². The van der Waals surface area contributed by atoms with Crippen LogP contribution in [-0.4, -0.2) is 4.92 Å². The molecule has 0 radical (unpaired) electrons. The summed E-state index contributed by atoms with van der Waals surface area (Å²) < 4.78 is 27.5. The highest BCUT2D eigenvalue weighted by Crippen LogP contribution is 2.21. The number of hydrogen-bond acceptors (Lipinski definition) is 3. The lowest BCUT2D eigenvalue weighted by Crippen LogP contribution is -2.15. The van der Waals surface area contributed by atoms with Crippen LogP contribution in [0.2, 0.25) is 0 Å². The van der Waals surface area contributed by atoms with Gasteiger partial charge in [0.1, 0.15) is 11.6 Å². The topological polar surface area (TPSA) is 55.2 Å². The second-order valence-corrected chi connectivity index (χ2v) is 5.20. The molecule has 1 N–H and O–H groups in total. The number of nitro benzene ring substituents is 1. The Bertz CT molecular complexity index is 663. The monoisotopic (exact) mass is 356 g/mol. The van der Waals surface area contributed by atoms with Crippen molar-refractivity contribution in [2.24, 2.45) is 0 Å². The van der Waals surface area contributed by atoms with Crippen LogP contribution in [0.3, 0.4) is 0 Å². The van der Waals surface area contributed by atoms with Gasteiger partial charge in [0, 0.05) is 30.8 Å². The maximum atomic E-state index is 13.7. The molecule has 0 spiro atoms. The molecule has 0 heterocycles. The Hall–Kier alpha value is -1.86. The van der Waals surface area contributed by atoms with Gasteiger partial charge in [-0.1, -0.05) is 12.1 Å². The smallest absolute Gasteiger partial charge is 0.269 e. The van der Waals surface area contributed by atoms with E-state index in [1.165, 1.54) is 24.3 Å². The molecule has 0 bridgehead atoms. The number of rotatable bonds is 5. The van der Waals surface area contributed by atoms with Crippen molar-refractivity contribution >= 4 is 21.6 Å². The summed E-state index contributed by atoms with van der Waals surface area (Å²) in [7, 11) is 0. The van der Waals surface area contributed by atoms with Crippen molar-refractivity contribution in [2.75, 3.05) is 0 Å². The van der Waals surface area contributed by atoms with Crippen molar-refractivity contribution < 1.29 is 13.7 Å². The first-order valence-electron chi connectivity index (χ1n) is 6.05. The van der Waals surface area contributed by atoms with E-state index in [1.54, 1.807) is 12.1 Å². The Balaban J connectivity index is 1.99. The molecule has 110 valence electrons. The predicted molar refractivity (Wildman–Crippen MR) is 77.7 cm³/mol. The van der Waals surface area contributed by atoms with E-state index in [-0.39, 0.29) is 22.3 Å². The normalized spacial score (nSPS) is 10.6. The molecule has 2 aromatic carbocycles. The van der Waals surface area contributed by atoms with Crippen LogP contribution in [0.5, 0.6) is 0 Å². The number of non-ortho nitro benzene ring substituents is 1. The lowest BCUT2D eigenvalue weighted by molar-refractivity contribution is -0.384. The second-order valence-electron chi connectivity index (χ2n) is 4.35. The molecule has 2 rings (SSSR count). The van der Waals surface area contributed by atoms with Gasteiger partial charge in [-0.2, -0.15) is 0 Å². The molecule has 0 unspecified atom stereocenters. The third-order valence-corrected chi connectivity index (χ3v) is 3.53. The van der Waals surface area contributed by atoms with Crippen molar-refractivity contribution in [3.05, 3.63) is 73.7 Å². The molecule has 0 aliphatic carbocycles. The average molecular weight is 357 g/mol. The fourth-order valence-corrected chi connectivity index (χ4v) is 2.17. The van der Waals surface area contributed by atoms with Crippen LogP contribution in [0.1, 0.15) is 11.1 Å². The predicted octanol–water partition coefficient (Wildman–Crippen LogP) is 3.93. The second kappa shape index (κ2) is 6.73. The van der Waals surface area contributed by atoms with Crippen LogP contribution >= 0.6 is 15.9 Å². The molecule has 0 amide bonds. The van der Waals surface area contributed by atoms with E-state index in [0.717, 1.165) is 5.56 Å². The summed E-state index contributed by atoms with van der Waals surface area (Å²) in [5.41, 5.74) is 0.741. The van der Waals surface area contributed by atoms with E-state index < -0.39 is 16.6 Å². The summed E-state index contributed by atoms with van der Waals surface area (Å²) >= 11 is 3.01. The lowest BCUT2D eigenvalue weighted by atomic mass is 10.1. The van der Waals surface area contributed by atoms with E-state index in [0.29, 0.717) is 6.54 Å². The standard InChI is InChI=1S/C14H11BrF2N2O2/c15-12-5-6-13(16)11(14(12)17)8-18-7-9-1-3-10(4-2-9)19(20)21/h1-6,18H,7-8H2. The Morgan fingerprint density at radius 1 is 1.10 bits per heavy atom. The highest BCUT2D eigenvalue weighted by molar-refractivity contribution is 9.10. The maximum Gasteiger partial charge on any atom is 0.269 e. The molecule has 0 saturated heterocycles. The molecule has 0 aromatic heterocycles. The summed E-state index contributed by atoms with van der Waals surface area (Å²) in [4.78, 5) is 10.0. The summed E-state index contributed by atoms with van der Waals surface area (Å²) in [5, 5.41) is 13.4. The number of nitrogens with zero attached hydrogens (tertiary/aromatic N) is 1. The van der Waals surface area contributed by atoms with Gasteiger partial charge in [-0.15, -0.1) is 0 Å². The van der Waals surface area contributed by atoms with Gasteiger partial charge >= 0.3 is 0 Å². The summed E-state index contributed by atoms with van der Waals surface area (Å²) in [5.74, 6) is -1.25. The first-order chi connectivity index (χ1) is 9.99. The number of benzene rings is 2. The molecule has 0 saturated carbocycles. The lowest BCUT2D eigenvalue weighted by Gasteiger charge is -2.08. The van der Waals surface area contributed by atoms with E-state index in [4.69, 9.17) is 0 Å². The van der Waals surface area contributed by atoms with Crippen molar-refractivity contribution in [2.45, 2.75) is 13.1 Å². The zero-order valence-electron chi connectivity index (χ0n) is 10.8. The van der Waals surface area contributed by atoms with Gasteiger partial charge in [0.05, 0.1) is 9.40 Å². The summed E-state index contributed by atoms with van der Waals surface area (Å²) in [6.45, 7) is 0.373. The molecule has 0 aliphatic rings. The number of hydrogen-bond donors (Lipinski definition) is 1. The van der Waals surface area contributed by atoms with E-state index in [2.05, 4.69) is 21.2 Å². The molecule has 7 heteroatoms. The van der Waals surface area contributed by atoms with Gasteiger partial charge in [0.15, 0.2) is 0 Å². The minimum absolute atomic E-state index is 0.00262.